The van der Waals surface area contributed by atoms with E-state index in [0.29, 0.717) is 10.2 Å². The van der Waals surface area contributed by atoms with Crippen molar-refractivity contribution in [2.45, 2.75) is 38.5 Å². The second-order valence-electron chi connectivity index (χ2n) is 5.86. The van der Waals surface area contributed by atoms with E-state index in [0.717, 1.165) is 11.3 Å². The van der Waals surface area contributed by atoms with E-state index in [-0.39, 0.29) is 18.5 Å². The summed E-state index contributed by atoms with van der Waals surface area (Å²) < 4.78 is 53.6. The molecular formula is C12H15BrF2N2O3S2. The number of nitrogens with zero attached hydrogens (tertiary/aromatic N) is 1. The predicted molar refractivity (Wildman–Crippen MR) is 82.6 cm³/mol. The number of alkyl halides is 2. The summed E-state index contributed by atoms with van der Waals surface area (Å²) in [7, 11) is -4.02. The third-order valence-electron chi connectivity index (χ3n) is 3.53. The average molecular weight is 417 g/mol. The molecule has 1 aliphatic rings. The van der Waals surface area contributed by atoms with Crippen molar-refractivity contribution in [1.82, 2.24) is 9.71 Å². The third-order valence-corrected chi connectivity index (χ3v) is 6.65. The van der Waals surface area contributed by atoms with E-state index in [4.69, 9.17) is 0 Å². The first-order chi connectivity index (χ1) is 10.0. The Labute approximate surface area is 139 Å². The van der Waals surface area contributed by atoms with E-state index in [1.165, 1.54) is 12.4 Å². The molecule has 0 bridgehead atoms. The quantitative estimate of drug-likeness (QED) is 0.817. The zero-order valence-electron chi connectivity index (χ0n) is 11.7. The number of hydrogen-bond donors (Lipinski definition) is 1. The molecule has 0 spiro atoms. The molecule has 124 valence electrons. The summed E-state index contributed by atoms with van der Waals surface area (Å²) in [6, 6.07) is 0. The molecular weight excluding hydrogens is 402 g/mol. The summed E-state index contributed by atoms with van der Waals surface area (Å²) in [4.78, 5) is 15.7. The van der Waals surface area contributed by atoms with Gasteiger partial charge in [-0.05, 0) is 34.2 Å². The zero-order valence-corrected chi connectivity index (χ0v) is 15.0. The molecule has 5 nitrogen and oxygen atoms in total. The van der Waals surface area contributed by atoms with Crippen molar-refractivity contribution in [3.8, 4) is 0 Å². The molecule has 10 heteroatoms. The number of hydrogen-bond acceptors (Lipinski definition) is 5. The maximum absolute atomic E-state index is 13.5. The SMILES string of the molecule is CC1(CS(=O)(=O)NC(=O)c2ncsc2Br)CCCC(F)(F)C1. The van der Waals surface area contributed by atoms with Crippen LogP contribution in [0.3, 0.4) is 0 Å². The Morgan fingerprint density at radius 3 is 2.73 bits per heavy atom. The van der Waals surface area contributed by atoms with Gasteiger partial charge in [0.1, 0.15) is 3.79 Å². The van der Waals surface area contributed by atoms with E-state index in [1.54, 1.807) is 0 Å². The molecule has 22 heavy (non-hydrogen) atoms. The van der Waals surface area contributed by atoms with E-state index < -0.39 is 39.4 Å². The molecule has 2 rings (SSSR count). The van der Waals surface area contributed by atoms with Crippen molar-refractivity contribution in [3.63, 3.8) is 0 Å². The molecule has 0 saturated heterocycles. The molecule has 0 aromatic carbocycles. The van der Waals surface area contributed by atoms with Crippen molar-refractivity contribution in [1.29, 1.82) is 0 Å². The van der Waals surface area contributed by atoms with Crippen LogP contribution in [-0.2, 0) is 10.0 Å². The van der Waals surface area contributed by atoms with Gasteiger partial charge in [-0.1, -0.05) is 6.92 Å². The van der Waals surface area contributed by atoms with Crippen molar-refractivity contribution >= 4 is 43.2 Å². The number of halogens is 3. The fourth-order valence-corrected chi connectivity index (χ4v) is 5.42. The van der Waals surface area contributed by atoms with Crippen LogP contribution in [0.4, 0.5) is 8.78 Å². The molecule has 1 saturated carbocycles. The molecule has 1 unspecified atom stereocenters. The smallest absolute Gasteiger partial charge is 0.266 e. The fraction of sp³-hybridized carbons (Fsp3) is 0.667. The summed E-state index contributed by atoms with van der Waals surface area (Å²) >= 11 is 4.24. The van der Waals surface area contributed by atoms with Crippen molar-refractivity contribution in [3.05, 3.63) is 15.0 Å². The molecule has 1 aromatic rings. The van der Waals surface area contributed by atoms with E-state index in [2.05, 4.69) is 20.9 Å². The van der Waals surface area contributed by atoms with Gasteiger partial charge in [-0.2, -0.15) is 0 Å². The molecule has 1 amide bonds. The first-order valence-electron chi connectivity index (χ1n) is 6.54. The van der Waals surface area contributed by atoms with Gasteiger partial charge in [0.25, 0.3) is 5.91 Å². The van der Waals surface area contributed by atoms with Gasteiger partial charge in [0.15, 0.2) is 5.69 Å². The van der Waals surface area contributed by atoms with E-state index in [9.17, 15) is 22.0 Å². The van der Waals surface area contributed by atoms with Gasteiger partial charge in [0.05, 0.1) is 11.3 Å². The lowest BCUT2D eigenvalue weighted by molar-refractivity contribution is -0.0718. The van der Waals surface area contributed by atoms with Crippen LogP contribution in [0.2, 0.25) is 0 Å². The normalized spacial score (nSPS) is 24.9. The predicted octanol–water partition coefficient (Wildman–Crippen LogP) is 3.18. The number of carbonyl (C=O) groups excluding carboxylic acids is 1. The van der Waals surface area contributed by atoms with Crippen LogP contribution < -0.4 is 4.72 Å². The number of amides is 1. The van der Waals surface area contributed by atoms with Crippen LogP contribution in [0.5, 0.6) is 0 Å². The van der Waals surface area contributed by atoms with Crippen LogP contribution in [-0.4, -0.2) is 31.0 Å². The number of sulfonamides is 1. The van der Waals surface area contributed by atoms with Gasteiger partial charge < -0.3 is 0 Å². The average Bonchev–Trinajstić information content (AvgIpc) is 2.71. The highest BCUT2D eigenvalue weighted by Gasteiger charge is 2.45. The maximum atomic E-state index is 13.5. The number of carbonyl (C=O) groups is 1. The van der Waals surface area contributed by atoms with Gasteiger partial charge in [-0.25, -0.2) is 26.9 Å². The summed E-state index contributed by atoms with van der Waals surface area (Å²) in [5, 5.41) is 0. The van der Waals surface area contributed by atoms with Crippen LogP contribution in [0.15, 0.2) is 9.30 Å². The lowest BCUT2D eigenvalue weighted by atomic mass is 9.75. The number of rotatable bonds is 4. The van der Waals surface area contributed by atoms with Gasteiger partial charge in [-0.15, -0.1) is 11.3 Å². The first-order valence-corrected chi connectivity index (χ1v) is 9.86. The minimum absolute atomic E-state index is 0.0345. The van der Waals surface area contributed by atoms with E-state index in [1.807, 2.05) is 4.72 Å². The highest BCUT2D eigenvalue weighted by Crippen LogP contribution is 2.44. The Kier molecular flexibility index (Phi) is 4.94. The molecule has 1 aliphatic carbocycles. The van der Waals surface area contributed by atoms with Crippen LogP contribution in [0.25, 0.3) is 0 Å². The molecule has 1 fully saturated rings. The van der Waals surface area contributed by atoms with Crippen LogP contribution in [0.1, 0.15) is 43.1 Å². The third kappa shape index (κ3) is 4.45. The molecule has 1 aromatic heterocycles. The number of aromatic nitrogens is 1. The Bertz CT molecular complexity index is 678. The van der Waals surface area contributed by atoms with Crippen molar-refractivity contribution in [2.24, 2.45) is 5.41 Å². The molecule has 0 radical (unpaired) electrons. The Morgan fingerprint density at radius 1 is 1.50 bits per heavy atom. The minimum atomic E-state index is -4.02. The Balaban J connectivity index is 2.08. The van der Waals surface area contributed by atoms with Crippen molar-refractivity contribution < 1.29 is 22.0 Å². The minimum Gasteiger partial charge on any atom is -0.266 e. The van der Waals surface area contributed by atoms with Crippen LogP contribution in [0, 0.1) is 5.41 Å². The topological polar surface area (TPSA) is 76.1 Å². The second-order valence-corrected chi connectivity index (χ2v) is 9.76. The summed E-state index contributed by atoms with van der Waals surface area (Å²) in [5.74, 6) is -4.23. The highest BCUT2D eigenvalue weighted by atomic mass is 79.9. The van der Waals surface area contributed by atoms with E-state index >= 15 is 0 Å². The number of thiazole rings is 1. The van der Waals surface area contributed by atoms with Crippen molar-refractivity contribution in [2.75, 3.05) is 5.75 Å². The molecule has 1 N–H and O–H groups in total. The summed E-state index contributed by atoms with van der Waals surface area (Å²) in [5.41, 5.74) is 0.314. The highest BCUT2D eigenvalue weighted by molar-refractivity contribution is 9.11. The zero-order chi connectivity index (χ0) is 16.6. The number of nitrogens with one attached hydrogen (secondary N) is 1. The maximum Gasteiger partial charge on any atom is 0.285 e. The lowest BCUT2D eigenvalue weighted by Crippen LogP contribution is -2.43. The molecule has 0 aliphatic heterocycles. The summed E-state index contributed by atoms with van der Waals surface area (Å²) in [6.45, 7) is 1.52. The molecule has 1 atom stereocenters. The standard InChI is InChI=1S/C12H15BrF2N2O3S2/c1-11(3-2-4-12(14,15)5-11)6-22(19,20)17-10(18)8-9(13)21-7-16-8/h7H,2-6H2,1H3,(H,17,18). The Hall–Kier alpha value is -0.610. The van der Waals surface area contributed by atoms with Crippen LogP contribution >= 0.6 is 27.3 Å². The lowest BCUT2D eigenvalue weighted by Gasteiger charge is -2.37. The molecule has 1 heterocycles. The Morgan fingerprint density at radius 2 is 2.18 bits per heavy atom. The second kappa shape index (κ2) is 6.12. The fourth-order valence-electron chi connectivity index (χ4n) is 2.76. The van der Waals surface area contributed by atoms with Gasteiger partial charge in [0, 0.05) is 12.8 Å². The largest absolute Gasteiger partial charge is 0.285 e. The van der Waals surface area contributed by atoms with Gasteiger partial charge in [0.2, 0.25) is 15.9 Å². The van der Waals surface area contributed by atoms with Gasteiger partial charge in [-0.3, -0.25) is 4.79 Å². The first kappa shape index (κ1) is 17.7. The monoisotopic (exact) mass is 416 g/mol. The summed E-state index contributed by atoms with van der Waals surface area (Å²) in [6.07, 6.45) is -0.0566. The van der Waals surface area contributed by atoms with Gasteiger partial charge >= 0.3 is 0 Å².